The Hall–Kier alpha value is -1.10. The van der Waals surface area contributed by atoms with E-state index < -0.39 is 0 Å². The molecule has 0 fully saturated rings. The third-order valence-corrected chi connectivity index (χ3v) is 2.23. The normalized spacial score (nSPS) is 9.29. The fraction of sp³-hybridized carbons (Fsp3) is 0.833. The number of amides is 2. The molecule has 102 valence electrons. The lowest BCUT2D eigenvalue weighted by molar-refractivity contribution is -0.125. The molecule has 0 aromatic rings. The Morgan fingerprint density at radius 3 is 2.12 bits per heavy atom. The second-order valence-electron chi connectivity index (χ2n) is 3.56. The van der Waals surface area contributed by atoms with Crippen LogP contribution in [0, 0.1) is 0 Å². The summed E-state index contributed by atoms with van der Waals surface area (Å²) >= 11 is 0. The highest BCUT2D eigenvalue weighted by molar-refractivity contribution is 5.76. The van der Waals surface area contributed by atoms with Crippen molar-refractivity contribution >= 4 is 11.8 Å². The van der Waals surface area contributed by atoms with Crippen molar-refractivity contribution in [2.45, 2.75) is 39.5 Å². The van der Waals surface area contributed by atoms with Gasteiger partial charge in [0.25, 0.3) is 0 Å². The van der Waals surface area contributed by atoms with E-state index in [4.69, 9.17) is 4.74 Å². The zero-order valence-corrected chi connectivity index (χ0v) is 10.2. The fourth-order valence-corrected chi connectivity index (χ4v) is 1.21. The first-order chi connectivity index (χ1) is 7.70. The summed E-state index contributed by atoms with van der Waals surface area (Å²) in [5, 5.41) is 5.07. The lowest BCUT2D eigenvalue weighted by Gasteiger charge is -2.03. The maximum absolute atomic E-state index is 10.9. The van der Waals surface area contributed by atoms with Crippen molar-refractivity contribution in [1.29, 1.82) is 0 Å². The predicted octanol–water partition coefficient (Wildman–Crippen LogP) is 1.08. The molecular weight excluding hydrogens is 220 g/mol. The maximum atomic E-state index is 10.9. The highest BCUT2D eigenvalue weighted by atomic mass is 16.5. The standard InChI is InChI=1S/C11H22N2O3.CH4/c1-12-10(14)7-5-3-4-6-8-16-9-11(15)13-2;/h3-9H2,1-2H3,(H,12,14)(H,13,15);1H4. The Balaban J connectivity index is 0. The minimum absolute atomic E-state index is 0. The Kier molecular flexibility index (Phi) is 13.9. The third kappa shape index (κ3) is 12.8. The van der Waals surface area contributed by atoms with E-state index in [1.807, 2.05) is 0 Å². The van der Waals surface area contributed by atoms with Crippen LogP contribution >= 0.6 is 0 Å². The van der Waals surface area contributed by atoms with Gasteiger partial charge in [-0.2, -0.15) is 0 Å². The number of carbonyl (C=O) groups excluding carboxylic acids is 2. The van der Waals surface area contributed by atoms with Gasteiger partial charge in [0.15, 0.2) is 0 Å². The molecule has 0 radical (unpaired) electrons. The van der Waals surface area contributed by atoms with Crippen LogP contribution in [0.5, 0.6) is 0 Å². The molecule has 0 atom stereocenters. The van der Waals surface area contributed by atoms with Crippen LogP contribution < -0.4 is 10.6 Å². The van der Waals surface area contributed by atoms with Crippen LogP contribution in [0.4, 0.5) is 0 Å². The van der Waals surface area contributed by atoms with Gasteiger partial charge in [0.05, 0.1) is 0 Å². The molecule has 17 heavy (non-hydrogen) atoms. The Labute approximate surface area is 104 Å². The number of likely N-dealkylation sites (N-methyl/N-ethyl adjacent to an activating group) is 1. The smallest absolute Gasteiger partial charge is 0.245 e. The fourth-order valence-electron chi connectivity index (χ4n) is 1.21. The Bertz CT molecular complexity index is 186. The molecule has 0 aliphatic rings. The second kappa shape index (κ2) is 13.0. The van der Waals surface area contributed by atoms with Gasteiger partial charge in [0, 0.05) is 27.1 Å². The monoisotopic (exact) mass is 246 g/mol. The molecular formula is C12H26N2O3. The molecule has 0 rings (SSSR count). The zero-order chi connectivity index (χ0) is 12.2. The van der Waals surface area contributed by atoms with Crippen LogP contribution in [0.1, 0.15) is 39.5 Å². The first-order valence-electron chi connectivity index (χ1n) is 5.69. The van der Waals surface area contributed by atoms with Gasteiger partial charge in [-0.3, -0.25) is 9.59 Å². The van der Waals surface area contributed by atoms with E-state index in [1.165, 1.54) is 0 Å². The van der Waals surface area contributed by atoms with E-state index in [0.29, 0.717) is 13.0 Å². The van der Waals surface area contributed by atoms with E-state index in [1.54, 1.807) is 14.1 Å². The van der Waals surface area contributed by atoms with Gasteiger partial charge in [-0.1, -0.05) is 20.3 Å². The summed E-state index contributed by atoms with van der Waals surface area (Å²) in [5.41, 5.74) is 0. The van der Waals surface area contributed by atoms with E-state index in [0.717, 1.165) is 25.7 Å². The summed E-state index contributed by atoms with van der Waals surface area (Å²) in [6, 6.07) is 0. The molecule has 0 bridgehead atoms. The molecule has 2 N–H and O–H groups in total. The van der Waals surface area contributed by atoms with Gasteiger partial charge >= 0.3 is 0 Å². The predicted molar refractivity (Wildman–Crippen MR) is 68.8 cm³/mol. The molecule has 0 aliphatic carbocycles. The summed E-state index contributed by atoms with van der Waals surface area (Å²) in [6.45, 7) is 0.738. The average Bonchev–Trinajstić information content (AvgIpc) is 2.31. The van der Waals surface area contributed by atoms with Crippen LogP contribution in [0.3, 0.4) is 0 Å². The van der Waals surface area contributed by atoms with Crippen molar-refractivity contribution in [3.05, 3.63) is 0 Å². The summed E-state index contributed by atoms with van der Waals surface area (Å²) in [5.74, 6) is -0.00418. The molecule has 2 amide bonds. The lowest BCUT2D eigenvalue weighted by atomic mass is 10.1. The van der Waals surface area contributed by atoms with Crippen molar-refractivity contribution in [2.75, 3.05) is 27.3 Å². The quantitative estimate of drug-likeness (QED) is 0.598. The summed E-state index contributed by atoms with van der Waals surface area (Å²) in [6.07, 6.45) is 4.50. The Morgan fingerprint density at radius 1 is 0.941 bits per heavy atom. The maximum Gasteiger partial charge on any atom is 0.245 e. The second-order valence-corrected chi connectivity index (χ2v) is 3.56. The molecule has 5 heteroatoms. The summed E-state index contributed by atoms with van der Waals surface area (Å²) in [7, 11) is 3.24. The van der Waals surface area contributed by atoms with Gasteiger partial charge < -0.3 is 15.4 Å². The van der Waals surface area contributed by atoms with Crippen LogP contribution in [0.2, 0.25) is 0 Å². The highest BCUT2D eigenvalue weighted by Gasteiger charge is 1.98. The Morgan fingerprint density at radius 2 is 1.53 bits per heavy atom. The van der Waals surface area contributed by atoms with Crippen molar-refractivity contribution in [3.8, 4) is 0 Å². The first-order valence-corrected chi connectivity index (χ1v) is 5.69. The molecule has 0 aromatic carbocycles. The number of nitrogens with one attached hydrogen (secondary N) is 2. The number of hydrogen-bond acceptors (Lipinski definition) is 3. The molecule has 5 nitrogen and oxygen atoms in total. The van der Waals surface area contributed by atoms with Crippen LogP contribution in [-0.2, 0) is 14.3 Å². The number of unbranched alkanes of at least 4 members (excludes halogenated alkanes) is 3. The highest BCUT2D eigenvalue weighted by Crippen LogP contribution is 2.02. The molecule has 0 saturated carbocycles. The molecule has 0 spiro atoms. The zero-order valence-electron chi connectivity index (χ0n) is 10.2. The van der Waals surface area contributed by atoms with Crippen molar-refractivity contribution in [1.82, 2.24) is 10.6 Å². The van der Waals surface area contributed by atoms with E-state index in [9.17, 15) is 9.59 Å². The largest absolute Gasteiger partial charge is 0.372 e. The molecule has 0 aromatic heterocycles. The molecule has 0 heterocycles. The van der Waals surface area contributed by atoms with Crippen molar-refractivity contribution < 1.29 is 14.3 Å². The van der Waals surface area contributed by atoms with Gasteiger partial charge in [-0.25, -0.2) is 0 Å². The van der Waals surface area contributed by atoms with Crippen molar-refractivity contribution in [2.24, 2.45) is 0 Å². The van der Waals surface area contributed by atoms with Gasteiger partial charge in [-0.15, -0.1) is 0 Å². The van der Waals surface area contributed by atoms with Gasteiger partial charge in [0.2, 0.25) is 11.8 Å². The average molecular weight is 246 g/mol. The summed E-state index contributed by atoms with van der Waals surface area (Å²) in [4.78, 5) is 21.6. The third-order valence-electron chi connectivity index (χ3n) is 2.23. The number of carbonyl (C=O) groups is 2. The van der Waals surface area contributed by atoms with Gasteiger partial charge in [-0.05, 0) is 12.8 Å². The van der Waals surface area contributed by atoms with Crippen molar-refractivity contribution in [3.63, 3.8) is 0 Å². The first kappa shape index (κ1) is 18.3. The summed E-state index contributed by atoms with van der Waals surface area (Å²) < 4.78 is 5.14. The molecule has 0 saturated heterocycles. The van der Waals surface area contributed by atoms with E-state index in [-0.39, 0.29) is 25.8 Å². The lowest BCUT2D eigenvalue weighted by Crippen LogP contribution is -2.23. The minimum atomic E-state index is -0.0976. The molecule has 0 aliphatic heterocycles. The molecule has 0 unspecified atom stereocenters. The number of hydrogen-bond donors (Lipinski definition) is 2. The SMILES string of the molecule is C.CNC(=O)CCCCCCOCC(=O)NC. The van der Waals surface area contributed by atoms with E-state index >= 15 is 0 Å². The van der Waals surface area contributed by atoms with Crippen LogP contribution in [0.25, 0.3) is 0 Å². The number of ether oxygens (including phenoxy) is 1. The van der Waals surface area contributed by atoms with Crippen LogP contribution in [-0.4, -0.2) is 39.1 Å². The van der Waals surface area contributed by atoms with Crippen LogP contribution in [0.15, 0.2) is 0 Å². The van der Waals surface area contributed by atoms with Gasteiger partial charge in [0.1, 0.15) is 6.61 Å². The number of rotatable bonds is 9. The minimum Gasteiger partial charge on any atom is -0.372 e. The topological polar surface area (TPSA) is 67.4 Å². The van der Waals surface area contributed by atoms with E-state index in [2.05, 4.69) is 10.6 Å².